The van der Waals surface area contributed by atoms with Crippen LogP contribution in [0.2, 0.25) is 0 Å². The third kappa shape index (κ3) is 3.73. The molecule has 0 heterocycles. The van der Waals surface area contributed by atoms with Crippen molar-refractivity contribution < 1.29 is 9.59 Å². The lowest BCUT2D eigenvalue weighted by molar-refractivity contribution is -0.117. The van der Waals surface area contributed by atoms with Crippen molar-refractivity contribution in [2.75, 3.05) is 12.8 Å². The van der Waals surface area contributed by atoms with Crippen LogP contribution in [0, 0.1) is 0 Å². The van der Waals surface area contributed by atoms with E-state index in [4.69, 9.17) is 0 Å². The minimum atomic E-state index is -0.449. The van der Waals surface area contributed by atoms with Gasteiger partial charge in [-0.15, -0.1) is 11.8 Å². The zero-order valence-corrected chi connectivity index (χ0v) is 11.8. The van der Waals surface area contributed by atoms with Crippen LogP contribution < -0.4 is 10.6 Å². The van der Waals surface area contributed by atoms with Gasteiger partial charge in [0.1, 0.15) is 0 Å². The van der Waals surface area contributed by atoms with E-state index in [-0.39, 0.29) is 5.91 Å². The molecular formula is C14H18N2O2S. The minimum Gasteiger partial charge on any atom is -0.341 e. The van der Waals surface area contributed by atoms with Crippen LogP contribution in [0.25, 0.3) is 0 Å². The number of imide groups is 1. The van der Waals surface area contributed by atoms with Gasteiger partial charge in [0, 0.05) is 12.3 Å². The average molecular weight is 278 g/mol. The Hall–Kier alpha value is -1.49. The molecule has 3 amide bonds. The lowest BCUT2D eigenvalue weighted by Gasteiger charge is -2.24. The maximum absolute atomic E-state index is 11.6. The maximum atomic E-state index is 11.6. The number of benzene rings is 1. The summed E-state index contributed by atoms with van der Waals surface area (Å²) >= 11 is 1.61. The van der Waals surface area contributed by atoms with Crippen molar-refractivity contribution in [3.05, 3.63) is 35.4 Å². The van der Waals surface area contributed by atoms with E-state index < -0.39 is 6.03 Å². The molecule has 1 aliphatic rings. The molecule has 0 fully saturated rings. The van der Waals surface area contributed by atoms with E-state index in [9.17, 15) is 9.59 Å². The lowest BCUT2D eigenvalue weighted by atomic mass is 9.91. The van der Waals surface area contributed by atoms with Crippen LogP contribution in [0.1, 0.15) is 29.2 Å². The first kappa shape index (κ1) is 13.9. The minimum absolute atomic E-state index is 0.243. The SMILES string of the molecule is CNC(=O)NC(=O)CSC1CCCc2ccccc21. The topological polar surface area (TPSA) is 58.2 Å². The Bertz CT molecular complexity index is 476. The summed E-state index contributed by atoms with van der Waals surface area (Å²) in [6.07, 6.45) is 3.37. The van der Waals surface area contributed by atoms with Crippen molar-refractivity contribution in [3.8, 4) is 0 Å². The van der Waals surface area contributed by atoms with Gasteiger partial charge in [0.2, 0.25) is 5.91 Å². The molecule has 0 spiro atoms. The summed E-state index contributed by atoms with van der Waals surface area (Å²) in [5.41, 5.74) is 2.73. The number of nitrogens with one attached hydrogen (secondary N) is 2. The van der Waals surface area contributed by atoms with Crippen LogP contribution in [0.15, 0.2) is 24.3 Å². The molecule has 1 aromatic carbocycles. The number of hydrogen-bond acceptors (Lipinski definition) is 3. The Labute approximate surface area is 117 Å². The molecule has 1 aromatic rings. The highest BCUT2D eigenvalue weighted by molar-refractivity contribution is 8.00. The van der Waals surface area contributed by atoms with Gasteiger partial charge in [0.25, 0.3) is 0 Å². The molecule has 0 bridgehead atoms. The van der Waals surface area contributed by atoms with Crippen LogP contribution in [-0.4, -0.2) is 24.7 Å². The second-order valence-corrected chi connectivity index (χ2v) is 5.71. The number of thioether (sulfide) groups is 1. The van der Waals surface area contributed by atoms with Gasteiger partial charge < -0.3 is 5.32 Å². The highest BCUT2D eigenvalue weighted by atomic mass is 32.2. The van der Waals surface area contributed by atoms with Crippen molar-refractivity contribution in [1.29, 1.82) is 0 Å². The van der Waals surface area contributed by atoms with Gasteiger partial charge in [-0.3, -0.25) is 10.1 Å². The second-order valence-electron chi connectivity index (χ2n) is 4.52. The monoisotopic (exact) mass is 278 g/mol. The van der Waals surface area contributed by atoms with Gasteiger partial charge in [-0.1, -0.05) is 24.3 Å². The number of fused-ring (bicyclic) bond motifs is 1. The van der Waals surface area contributed by atoms with E-state index in [2.05, 4.69) is 28.8 Å². The highest BCUT2D eigenvalue weighted by Crippen LogP contribution is 2.39. The zero-order valence-electron chi connectivity index (χ0n) is 10.9. The third-order valence-electron chi connectivity index (χ3n) is 3.21. The number of hydrogen-bond donors (Lipinski definition) is 2. The van der Waals surface area contributed by atoms with Crippen molar-refractivity contribution in [2.45, 2.75) is 24.5 Å². The highest BCUT2D eigenvalue weighted by Gasteiger charge is 2.21. The fourth-order valence-electron chi connectivity index (χ4n) is 2.28. The summed E-state index contributed by atoms with van der Waals surface area (Å²) in [4.78, 5) is 22.6. The molecule has 4 nitrogen and oxygen atoms in total. The van der Waals surface area contributed by atoms with Crippen LogP contribution in [0.3, 0.4) is 0 Å². The van der Waals surface area contributed by atoms with Crippen molar-refractivity contribution in [3.63, 3.8) is 0 Å². The van der Waals surface area contributed by atoms with Crippen molar-refractivity contribution in [2.24, 2.45) is 0 Å². The van der Waals surface area contributed by atoms with Gasteiger partial charge in [0.15, 0.2) is 0 Å². The quantitative estimate of drug-likeness (QED) is 0.891. The molecule has 0 saturated heterocycles. The number of carbonyl (C=O) groups excluding carboxylic acids is 2. The Morgan fingerprint density at radius 3 is 2.95 bits per heavy atom. The zero-order chi connectivity index (χ0) is 13.7. The first-order chi connectivity index (χ1) is 9.20. The fraction of sp³-hybridized carbons (Fsp3) is 0.429. The number of rotatable bonds is 3. The third-order valence-corrected chi connectivity index (χ3v) is 4.53. The van der Waals surface area contributed by atoms with Crippen molar-refractivity contribution in [1.82, 2.24) is 10.6 Å². The molecule has 5 heteroatoms. The maximum Gasteiger partial charge on any atom is 0.321 e. The molecule has 2 N–H and O–H groups in total. The summed E-state index contributed by atoms with van der Waals surface area (Å²) in [5.74, 6) is 0.0688. The van der Waals surface area contributed by atoms with Crippen LogP contribution in [0.4, 0.5) is 4.79 Å². The summed E-state index contributed by atoms with van der Waals surface area (Å²) < 4.78 is 0. The lowest BCUT2D eigenvalue weighted by Crippen LogP contribution is -2.38. The summed E-state index contributed by atoms with van der Waals surface area (Å²) in [6.45, 7) is 0. The van der Waals surface area contributed by atoms with Crippen LogP contribution >= 0.6 is 11.8 Å². The fourth-order valence-corrected chi connectivity index (χ4v) is 3.45. The smallest absolute Gasteiger partial charge is 0.321 e. The molecular weight excluding hydrogens is 260 g/mol. The van der Waals surface area contributed by atoms with E-state index >= 15 is 0 Å². The van der Waals surface area contributed by atoms with Gasteiger partial charge in [0.05, 0.1) is 5.75 Å². The predicted molar refractivity (Wildman–Crippen MR) is 77.2 cm³/mol. The predicted octanol–water partition coefficient (Wildman–Crippen LogP) is 2.25. The van der Waals surface area contributed by atoms with Gasteiger partial charge in [-0.05, 0) is 30.4 Å². The molecule has 2 rings (SSSR count). The Morgan fingerprint density at radius 1 is 1.37 bits per heavy atom. The van der Waals surface area contributed by atoms with Gasteiger partial charge >= 0.3 is 6.03 Å². The van der Waals surface area contributed by atoms with Crippen LogP contribution in [-0.2, 0) is 11.2 Å². The Morgan fingerprint density at radius 2 is 2.16 bits per heavy atom. The van der Waals surface area contributed by atoms with E-state index in [1.54, 1.807) is 11.8 Å². The molecule has 1 atom stereocenters. The summed E-state index contributed by atoms with van der Waals surface area (Å²) in [6, 6.07) is 7.96. The standard InChI is InChI=1S/C14H18N2O2S/c1-15-14(18)16-13(17)9-19-12-8-4-6-10-5-2-3-7-11(10)12/h2-3,5,7,12H,4,6,8-9H2,1H3,(H2,15,16,17,18). The van der Waals surface area contributed by atoms with E-state index in [1.165, 1.54) is 18.2 Å². The molecule has 0 aliphatic heterocycles. The normalized spacial score (nSPS) is 17.4. The van der Waals surface area contributed by atoms with E-state index in [0.717, 1.165) is 19.3 Å². The van der Waals surface area contributed by atoms with Gasteiger partial charge in [-0.25, -0.2) is 4.79 Å². The Kier molecular flexibility index (Phi) is 4.85. The molecule has 19 heavy (non-hydrogen) atoms. The van der Waals surface area contributed by atoms with E-state index in [0.29, 0.717) is 11.0 Å². The number of urea groups is 1. The van der Waals surface area contributed by atoms with Gasteiger partial charge in [-0.2, -0.15) is 0 Å². The largest absolute Gasteiger partial charge is 0.341 e. The average Bonchev–Trinajstić information content (AvgIpc) is 2.44. The summed E-state index contributed by atoms with van der Waals surface area (Å²) in [5, 5.41) is 5.01. The molecule has 0 saturated carbocycles. The first-order valence-corrected chi connectivity index (χ1v) is 7.46. The summed E-state index contributed by atoms with van der Waals surface area (Å²) in [7, 11) is 1.49. The van der Waals surface area contributed by atoms with E-state index in [1.807, 2.05) is 6.07 Å². The molecule has 1 aliphatic carbocycles. The van der Waals surface area contributed by atoms with Crippen molar-refractivity contribution >= 4 is 23.7 Å². The number of amides is 3. The molecule has 0 aromatic heterocycles. The first-order valence-electron chi connectivity index (χ1n) is 6.41. The molecule has 102 valence electrons. The number of aryl methyl sites for hydroxylation is 1. The number of carbonyl (C=O) groups is 2. The second kappa shape index (κ2) is 6.61. The molecule has 1 unspecified atom stereocenters. The Balaban J connectivity index is 1.91. The van der Waals surface area contributed by atoms with Crippen LogP contribution in [0.5, 0.6) is 0 Å². The molecule has 0 radical (unpaired) electrons.